The lowest BCUT2D eigenvalue weighted by Gasteiger charge is -2.26. The lowest BCUT2D eigenvalue weighted by molar-refractivity contribution is -0.137. The van der Waals surface area contributed by atoms with Crippen LogP contribution in [0.3, 0.4) is 0 Å². The van der Waals surface area contributed by atoms with E-state index in [1.54, 1.807) is 30.3 Å². The molecule has 0 amide bonds. The third-order valence-electron chi connectivity index (χ3n) is 3.68. The second-order valence-corrected chi connectivity index (χ2v) is 4.97. The summed E-state index contributed by atoms with van der Waals surface area (Å²) in [6.07, 6.45) is -0.220. The Hall–Kier alpha value is -3.14. The summed E-state index contributed by atoms with van der Waals surface area (Å²) in [6.45, 7) is 0. The van der Waals surface area contributed by atoms with Crippen LogP contribution < -0.4 is 5.73 Å². The van der Waals surface area contributed by atoms with Crippen LogP contribution in [0.4, 0.5) is 0 Å². The van der Waals surface area contributed by atoms with E-state index in [-0.39, 0.29) is 29.8 Å². The van der Waals surface area contributed by atoms with Gasteiger partial charge in [0.1, 0.15) is 5.54 Å². The average Bonchev–Trinajstić information content (AvgIpc) is 2.86. The zero-order valence-electron chi connectivity index (χ0n) is 12.4. The Bertz CT molecular complexity index is 746. The number of nitrogens with zero attached hydrogens (tertiary/aromatic N) is 2. The number of ether oxygens (including phenoxy) is 1. The number of nitrogens with two attached hydrogens (primary N) is 1. The van der Waals surface area contributed by atoms with E-state index in [9.17, 15) is 14.9 Å². The molecule has 1 atom stereocenters. The number of aliphatic carboxylic acids is 1. The van der Waals surface area contributed by atoms with Gasteiger partial charge in [-0.25, -0.2) is 4.79 Å². The molecule has 0 saturated carbocycles. The standard InChI is InChI=1S/C16H15N3O4/c1-23-15(22)14-13(18)11(9-17)16(19-14,8-7-12(20)21)10-5-3-2-4-6-10/h2-6H,7-8,18H2,1H3,(H,20,21). The van der Waals surface area contributed by atoms with Gasteiger partial charge >= 0.3 is 11.9 Å². The Labute approximate surface area is 132 Å². The zero-order valence-corrected chi connectivity index (χ0v) is 12.4. The lowest BCUT2D eigenvalue weighted by Crippen LogP contribution is -2.26. The van der Waals surface area contributed by atoms with Crippen molar-refractivity contribution in [3.63, 3.8) is 0 Å². The zero-order chi connectivity index (χ0) is 17.0. The fourth-order valence-electron chi connectivity index (χ4n) is 2.59. The smallest absolute Gasteiger partial charge is 0.358 e. The summed E-state index contributed by atoms with van der Waals surface area (Å²) in [7, 11) is 1.18. The van der Waals surface area contributed by atoms with Gasteiger partial charge in [0.15, 0.2) is 5.71 Å². The van der Waals surface area contributed by atoms with Crippen molar-refractivity contribution in [3.8, 4) is 6.07 Å². The van der Waals surface area contributed by atoms with Crippen LogP contribution in [-0.2, 0) is 19.9 Å². The van der Waals surface area contributed by atoms with Crippen LogP contribution in [0.1, 0.15) is 18.4 Å². The molecule has 1 aromatic rings. The summed E-state index contributed by atoms with van der Waals surface area (Å²) < 4.78 is 4.64. The van der Waals surface area contributed by atoms with Gasteiger partial charge < -0.3 is 15.6 Å². The van der Waals surface area contributed by atoms with Gasteiger partial charge in [-0.15, -0.1) is 0 Å². The highest BCUT2D eigenvalue weighted by molar-refractivity contribution is 6.44. The maximum absolute atomic E-state index is 11.9. The summed E-state index contributed by atoms with van der Waals surface area (Å²) in [5.41, 5.74) is 5.05. The van der Waals surface area contributed by atoms with Crippen LogP contribution in [0.15, 0.2) is 46.6 Å². The highest BCUT2D eigenvalue weighted by Crippen LogP contribution is 2.43. The molecule has 0 bridgehead atoms. The molecule has 1 unspecified atom stereocenters. The second-order valence-electron chi connectivity index (χ2n) is 4.97. The van der Waals surface area contributed by atoms with Crippen molar-refractivity contribution >= 4 is 17.7 Å². The molecule has 0 aliphatic carbocycles. The Morgan fingerprint density at radius 3 is 2.57 bits per heavy atom. The van der Waals surface area contributed by atoms with Gasteiger partial charge in [0.2, 0.25) is 0 Å². The molecule has 1 aromatic carbocycles. The molecule has 7 heteroatoms. The van der Waals surface area contributed by atoms with Crippen molar-refractivity contribution in [2.24, 2.45) is 10.7 Å². The highest BCUT2D eigenvalue weighted by atomic mass is 16.5. The number of carboxylic acid groups (broad SMARTS) is 1. The fourth-order valence-corrected chi connectivity index (χ4v) is 2.59. The third-order valence-corrected chi connectivity index (χ3v) is 3.68. The molecule has 1 aliphatic heterocycles. The number of hydrogen-bond acceptors (Lipinski definition) is 6. The van der Waals surface area contributed by atoms with Crippen molar-refractivity contribution < 1.29 is 19.4 Å². The van der Waals surface area contributed by atoms with Crippen LogP contribution in [0, 0.1) is 11.3 Å². The predicted molar refractivity (Wildman–Crippen MR) is 81.3 cm³/mol. The second kappa shape index (κ2) is 6.32. The van der Waals surface area contributed by atoms with Crippen LogP contribution in [-0.4, -0.2) is 29.9 Å². The largest absolute Gasteiger partial charge is 0.481 e. The number of aliphatic imine (C=N–C) groups is 1. The van der Waals surface area contributed by atoms with Crippen molar-refractivity contribution in [1.29, 1.82) is 5.26 Å². The topological polar surface area (TPSA) is 126 Å². The Morgan fingerprint density at radius 2 is 2.04 bits per heavy atom. The van der Waals surface area contributed by atoms with Crippen LogP contribution >= 0.6 is 0 Å². The monoisotopic (exact) mass is 313 g/mol. The van der Waals surface area contributed by atoms with Crippen LogP contribution in [0.25, 0.3) is 0 Å². The van der Waals surface area contributed by atoms with E-state index in [1.807, 2.05) is 6.07 Å². The van der Waals surface area contributed by atoms with Gasteiger partial charge in [-0.05, 0) is 12.0 Å². The van der Waals surface area contributed by atoms with E-state index < -0.39 is 17.5 Å². The Balaban J connectivity index is 2.66. The van der Waals surface area contributed by atoms with Crippen LogP contribution in [0.2, 0.25) is 0 Å². The van der Waals surface area contributed by atoms with E-state index in [2.05, 4.69) is 9.73 Å². The van der Waals surface area contributed by atoms with Gasteiger partial charge in [-0.3, -0.25) is 9.79 Å². The molecular formula is C16H15N3O4. The first kappa shape index (κ1) is 16.2. The fraction of sp³-hybridized carbons (Fsp3) is 0.250. The van der Waals surface area contributed by atoms with Gasteiger partial charge in [-0.2, -0.15) is 5.26 Å². The van der Waals surface area contributed by atoms with Gasteiger partial charge in [0, 0.05) is 6.42 Å². The van der Waals surface area contributed by atoms with E-state index in [0.29, 0.717) is 5.56 Å². The number of esters is 1. The lowest BCUT2D eigenvalue weighted by atomic mass is 9.80. The minimum absolute atomic E-state index is 0.0104. The summed E-state index contributed by atoms with van der Waals surface area (Å²) >= 11 is 0. The van der Waals surface area contributed by atoms with Crippen molar-refractivity contribution in [3.05, 3.63) is 47.2 Å². The van der Waals surface area contributed by atoms with Crippen LogP contribution in [0.5, 0.6) is 0 Å². The molecule has 23 heavy (non-hydrogen) atoms. The van der Waals surface area contributed by atoms with E-state index in [0.717, 1.165) is 0 Å². The molecule has 1 aliphatic rings. The molecule has 0 radical (unpaired) electrons. The number of rotatable bonds is 5. The van der Waals surface area contributed by atoms with E-state index in [1.165, 1.54) is 7.11 Å². The summed E-state index contributed by atoms with van der Waals surface area (Å²) in [6, 6.07) is 10.7. The molecule has 0 aromatic heterocycles. The summed E-state index contributed by atoms with van der Waals surface area (Å²) in [5, 5.41) is 18.5. The number of benzene rings is 1. The number of carbonyl (C=O) groups is 2. The molecule has 0 fully saturated rings. The first-order valence-electron chi connectivity index (χ1n) is 6.82. The SMILES string of the molecule is COC(=O)C1=NC(CCC(=O)O)(c2ccccc2)C(C#N)=C1N. The third kappa shape index (κ3) is 2.79. The molecule has 2 rings (SSSR count). The molecule has 118 valence electrons. The predicted octanol–water partition coefficient (Wildman–Crippen LogP) is 1.11. The van der Waals surface area contributed by atoms with Crippen molar-refractivity contribution in [2.75, 3.05) is 7.11 Å². The molecule has 7 nitrogen and oxygen atoms in total. The molecule has 0 spiro atoms. The minimum Gasteiger partial charge on any atom is -0.481 e. The van der Waals surface area contributed by atoms with Crippen molar-refractivity contribution in [2.45, 2.75) is 18.4 Å². The molecule has 0 saturated heterocycles. The van der Waals surface area contributed by atoms with Gasteiger partial charge in [0.25, 0.3) is 0 Å². The summed E-state index contributed by atoms with van der Waals surface area (Å²) in [4.78, 5) is 27.2. The first-order chi connectivity index (χ1) is 11.0. The Morgan fingerprint density at radius 1 is 1.39 bits per heavy atom. The van der Waals surface area contributed by atoms with Gasteiger partial charge in [0.05, 0.1) is 24.4 Å². The average molecular weight is 313 g/mol. The maximum atomic E-state index is 11.9. The normalized spacial score (nSPS) is 19.9. The molecule has 3 N–H and O–H groups in total. The Kier molecular flexibility index (Phi) is 4.46. The first-order valence-corrected chi connectivity index (χ1v) is 6.82. The minimum atomic E-state index is -1.29. The number of methoxy groups -OCH3 is 1. The van der Waals surface area contributed by atoms with E-state index in [4.69, 9.17) is 10.8 Å². The summed E-state index contributed by atoms with van der Waals surface area (Å²) in [5.74, 6) is -1.79. The maximum Gasteiger partial charge on any atom is 0.358 e. The van der Waals surface area contributed by atoms with E-state index >= 15 is 0 Å². The quantitative estimate of drug-likeness (QED) is 0.784. The van der Waals surface area contributed by atoms with Crippen molar-refractivity contribution in [1.82, 2.24) is 0 Å². The highest BCUT2D eigenvalue weighted by Gasteiger charge is 2.45. The molecule has 1 heterocycles. The molecular weight excluding hydrogens is 298 g/mol. The number of nitriles is 1. The number of hydrogen-bond donors (Lipinski definition) is 2. The number of carboxylic acids is 1. The van der Waals surface area contributed by atoms with Gasteiger partial charge in [-0.1, -0.05) is 30.3 Å². The number of carbonyl (C=O) groups excluding carboxylic acids is 1.